The van der Waals surface area contributed by atoms with Gasteiger partial charge in [0, 0.05) is 19.5 Å². The zero-order valence-electron chi connectivity index (χ0n) is 10.9. The van der Waals surface area contributed by atoms with E-state index in [9.17, 15) is 4.79 Å². The maximum Gasteiger partial charge on any atom is 0.162 e. The van der Waals surface area contributed by atoms with Gasteiger partial charge in [0.25, 0.3) is 0 Å². The van der Waals surface area contributed by atoms with Crippen LogP contribution in [-0.2, 0) is 9.53 Å². The molecular formula is C13H25NO2. The van der Waals surface area contributed by atoms with Gasteiger partial charge in [-0.15, -0.1) is 0 Å². The molecule has 1 atom stereocenters. The highest BCUT2D eigenvalue weighted by atomic mass is 16.5. The molecule has 0 aromatic rings. The molecule has 1 aliphatic heterocycles. The molecule has 0 N–H and O–H groups in total. The van der Waals surface area contributed by atoms with Crippen LogP contribution in [0.2, 0.25) is 0 Å². The van der Waals surface area contributed by atoms with E-state index < -0.39 is 0 Å². The molecule has 0 aromatic heterocycles. The van der Waals surface area contributed by atoms with E-state index in [1.807, 2.05) is 0 Å². The third kappa shape index (κ3) is 4.62. The molecule has 16 heavy (non-hydrogen) atoms. The van der Waals surface area contributed by atoms with Gasteiger partial charge in [-0.2, -0.15) is 0 Å². The lowest BCUT2D eigenvalue weighted by Gasteiger charge is -2.31. The molecule has 94 valence electrons. The van der Waals surface area contributed by atoms with Crippen LogP contribution in [0, 0.1) is 5.92 Å². The number of carbonyl (C=O) groups is 1. The zero-order valence-corrected chi connectivity index (χ0v) is 10.9. The van der Waals surface area contributed by atoms with E-state index in [1.165, 1.54) is 0 Å². The van der Waals surface area contributed by atoms with Gasteiger partial charge in [0.2, 0.25) is 0 Å². The summed E-state index contributed by atoms with van der Waals surface area (Å²) in [5.74, 6) is 0.883. The smallest absolute Gasteiger partial charge is 0.162 e. The largest absolute Gasteiger partial charge is 0.368 e. The molecule has 0 spiro atoms. The Kier molecular flexibility index (Phi) is 5.99. The standard InChI is InChI=1S/C13H25NO2/c1-4-7-14-8-9-16-13(10-14)12(15)6-5-11(2)3/h11,13H,4-10H2,1-3H3. The average Bonchev–Trinajstić information content (AvgIpc) is 2.26. The van der Waals surface area contributed by atoms with Gasteiger partial charge in [-0.05, 0) is 25.3 Å². The fraction of sp³-hybridized carbons (Fsp3) is 0.923. The molecule has 1 unspecified atom stereocenters. The first-order valence-electron chi connectivity index (χ1n) is 6.50. The topological polar surface area (TPSA) is 29.5 Å². The summed E-state index contributed by atoms with van der Waals surface area (Å²) < 4.78 is 5.56. The van der Waals surface area contributed by atoms with E-state index in [0.29, 0.717) is 18.9 Å². The van der Waals surface area contributed by atoms with Crippen molar-refractivity contribution in [1.29, 1.82) is 0 Å². The minimum absolute atomic E-state index is 0.168. The summed E-state index contributed by atoms with van der Waals surface area (Å²) in [7, 11) is 0. The highest BCUT2D eigenvalue weighted by molar-refractivity contribution is 5.83. The van der Waals surface area contributed by atoms with Gasteiger partial charge in [0.05, 0.1) is 6.61 Å². The van der Waals surface area contributed by atoms with Crippen molar-refractivity contribution in [2.75, 3.05) is 26.2 Å². The van der Waals surface area contributed by atoms with Crippen molar-refractivity contribution in [1.82, 2.24) is 4.90 Å². The van der Waals surface area contributed by atoms with Crippen LogP contribution in [0.4, 0.5) is 0 Å². The molecule has 0 aliphatic carbocycles. The van der Waals surface area contributed by atoms with Crippen LogP contribution >= 0.6 is 0 Å². The third-order valence-electron chi connectivity index (χ3n) is 3.02. The van der Waals surface area contributed by atoms with Crippen LogP contribution in [0.1, 0.15) is 40.0 Å². The van der Waals surface area contributed by atoms with E-state index in [2.05, 4.69) is 25.7 Å². The Labute approximate surface area is 99.1 Å². The summed E-state index contributed by atoms with van der Waals surface area (Å²) in [6.45, 7) is 10.0. The molecule has 1 saturated heterocycles. The normalized spacial score (nSPS) is 22.6. The zero-order chi connectivity index (χ0) is 12.0. The minimum Gasteiger partial charge on any atom is -0.368 e. The number of ketones is 1. The summed E-state index contributed by atoms with van der Waals surface area (Å²) in [5.41, 5.74) is 0. The second-order valence-corrected chi connectivity index (χ2v) is 5.06. The number of ether oxygens (including phenoxy) is 1. The Morgan fingerprint density at radius 3 is 2.88 bits per heavy atom. The quantitative estimate of drug-likeness (QED) is 0.696. The van der Waals surface area contributed by atoms with Crippen LogP contribution in [0.5, 0.6) is 0 Å². The van der Waals surface area contributed by atoms with Crippen LogP contribution in [-0.4, -0.2) is 43.0 Å². The van der Waals surface area contributed by atoms with Gasteiger partial charge >= 0.3 is 0 Å². The van der Waals surface area contributed by atoms with Crippen molar-refractivity contribution in [3.63, 3.8) is 0 Å². The molecule has 1 aliphatic rings. The summed E-state index contributed by atoms with van der Waals surface area (Å²) in [5, 5.41) is 0. The fourth-order valence-electron chi connectivity index (χ4n) is 2.01. The van der Waals surface area contributed by atoms with E-state index in [4.69, 9.17) is 4.74 Å². The SMILES string of the molecule is CCCN1CCOC(C(=O)CCC(C)C)C1. The minimum atomic E-state index is -0.168. The number of Topliss-reactive ketones (excluding diaryl/α,β-unsaturated/α-hetero) is 1. The maximum absolute atomic E-state index is 11.9. The number of hydrogen-bond acceptors (Lipinski definition) is 3. The molecule has 1 rings (SSSR count). The number of nitrogens with zero attached hydrogens (tertiary/aromatic N) is 1. The van der Waals surface area contributed by atoms with Crippen molar-refractivity contribution in [3.05, 3.63) is 0 Å². The predicted octanol–water partition coefficient (Wildman–Crippen LogP) is 2.10. The molecule has 3 heteroatoms. The molecule has 0 amide bonds. The molecule has 0 saturated carbocycles. The summed E-state index contributed by atoms with van der Waals surface area (Å²) in [4.78, 5) is 14.2. The van der Waals surface area contributed by atoms with Gasteiger partial charge in [-0.1, -0.05) is 20.8 Å². The maximum atomic E-state index is 11.9. The Balaban J connectivity index is 2.32. The summed E-state index contributed by atoms with van der Waals surface area (Å²) >= 11 is 0. The lowest BCUT2D eigenvalue weighted by atomic mass is 10.0. The third-order valence-corrected chi connectivity index (χ3v) is 3.02. The Hall–Kier alpha value is -0.410. The first kappa shape index (κ1) is 13.7. The van der Waals surface area contributed by atoms with Crippen LogP contribution in [0.25, 0.3) is 0 Å². The highest BCUT2D eigenvalue weighted by Gasteiger charge is 2.25. The van der Waals surface area contributed by atoms with Crippen molar-refractivity contribution in [2.45, 2.75) is 46.1 Å². The second kappa shape index (κ2) is 7.02. The number of carbonyl (C=O) groups excluding carboxylic acids is 1. The van der Waals surface area contributed by atoms with Crippen molar-refractivity contribution in [2.24, 2.45) is 5.92 Å². The first-order valence-corrected chi connectivity index (χ1v) is 6.50. The molecular weight excluding hydrogens is 202 g/mol. The lowest BCUT2D eigenvalue weighted by molar-refractivity contribution is -0.136. The molecule has 1 heterocycles. The Morgan fingerprint density at radius 1 is 1.50 bits per heavy atom. The monoisotopic (exact) mass is 227 g/mol. The van der Waals surface area contributed by atoms with Crippen molar-refractivity contribution < 1.29 is 9.53 Å². The number of hydrogen-bond donors (Lipinski definition) is 0. The lowest BCUT2D eigenvalue weighted by Crippen LogP contribution is -2.46. The van der Waals surface area contributed by atoms with Crippen LogP contribution in [0.3, 0.4) is 0 Å². The van der Waals surface area contributed by atoms with E-state index in [0.717, 1.165) is 32.5 Å². The van der Waals surface area contributed by atoms with E-state index in [-0.39, 0.29) is 11.9 Å². The molecule has 3 nitrogen and oxygen atoms in total. The van der Waals surface area contributed by atoms with Crippen LogP contribution < -0.4 is 0 Å². The molecule has 0 bridgehead atoms. The predicted molar refractivity (Wildman–Crippen MR) is 65.6 cm³/mol. The summed E-state index contributed by atoms with van der Waals surface area (Å²) in [6.07, 6.45) is 2.63. The van der Waals surface area contributed by atoms with Gasteiger partial charge in [-0.3, -0.25) is 9.69 Å². The first-order chi connectivity index (χ1) is 7.63. The summed E-state index contributed by atoms with van der Waals surface area (Å²) in [6, 6.07) is 0. The Bertz CT molecular complexity index is 214. The molecule has 0 aromatic carbocycles. The van der Waals surface area contributed by atoms with Gasteiger partial charge < -0.3 is 4.74 Å². The van der Waals surface area contributed by atoms with E-state index >= 15 is 0 Å². The fourth-order valence-corrected chi connectivity index (χ4v) is 2.01. The van der Waals surface area contributed by atoms with Crippen molar-refractivity contribution >= 4 is 5.78 Å². The number of rotatable bonds is 6. The van der Waals surface area contributed by atoms with E-state index in [1.54, 1.807) is 0 Å². The Morgan fingerprint density at radius 2 is 2.25 bits per heavy atom. The highest BCUT2D eigenvalue weighted by Crippen LogP contribution is 2.12. The van der Waals surface area contributed by atoms with Gasteiger partial charge in [0.15, 0.2) is 5.78 Å². The van der Waals surface area contributed by atoms with Gasteiger partial charge in [0.1, 0.15) is 6.10 Å². The second-order valence-electron chi connectivity index (χ2n) is 5.06. The van der Waals surface area contributed by atoms with Crippen molar-refractivity contribution in [3.8, 4) is 0 Å². The molecule has 1 fully saturated rings. The van der Waals surface area contributed by atoms with Crippen LogP contribution in [0.15, 0.2) is 0 Å². The van der Waals surface area contributed by atoms with Gasteiger partial charge in [-0.25, -0.2) is 0 Å². The number of morpholine rings is 1. The average molecular weight is 227 g/mol. The molecule has 0 radical (unpaired) electrons.